The Kier molecular flexibility index (Phi) is 4.11. The maximum absolute atomic E-state index is 11.2. The Labute approximate surface area is 86.6 Å². The highest BCUT2D eigenvalue weighted by atomic mass is 16.5. The third-order valence-corrected chi connectivity index (χ3v) is 1.97. The van der Waals surface area contributed by atoms with Crippen molar-refractivity contribution >= 4 is 5.97 Å². The molecule has 0 radical (unpaired) electrons. The molecule has 1 heterocycles. The number of imidazole rings is 1. The van der Waals surface area contributed by atoms with E-state index in [9.17, 15) is 9.59 Å². The number of aromatic nitrogens is 2. The van der Waals surface area contributed by atoms with Crippen molar-refractivity contribution in [1.82, 2.24) is 9.97 Å². The van der Waals surface area contributed by atoms with Gasteiger partial charge in [-0.15, -0.1) is 0 Å². The molecule has 0 unspecified atom stereocenters. The number of esters is 1. The summed E-state index contributed by atoms with van der Waals surface area (Å²) in [5.74, 6) is -0.541. The van der Waals surface area contributed by atoms with Crippen LogP contribution in [0.4, 0.5) is 0 Å². The predicted octanol–water partition coefficient (Wildman–Crippen LogP) is 0.0686. The van der Waals surface area contributed by atoms with Crippen molar-refractivity contribution in [2.45, 2.75) is 12.8 Å². The lowest BCUT2D eigenvalue weighted by molar-refractivity contribution is 0.0593. The second-order valence-corrected chi connectivity index (χ2v) is 3.02. The quantitative estimate of drug-likeness (QED) is 0.536. The summed E-state index contributed by atoms with van der Waals surface area (Å²) >= 11 is 0. The highest BCUT2D eigenvalue weighted by Gasteiger charge is 2.14. The average Bonchev–Trinajstić information content (AvgIpc) is 2.59. The molecular formula is C9H14N2O4. The molecule has 0 aliphatic carbocycles. The van der Waals surface area contributed by atoms with Crippen molar-refractivity contribution in [2.75, 3.05) is 20.8 Å². The van der Waals surface area contributed by atoms with Crippen molar-refractivity contribution < 1.29 is 14.3 Å². The summed E-state index contributed by atoms with van der Waals surface area (Å²) in [5, 5.41) is 0. The van der Waals surface area contributed by atoms with E-state index in [1.165, 1.54) is 7.11 Å². The Morgan fingerprint density at radius 1 is 1.33 bits per heavy atom. The van der Waals surface area contributed by atoms with Crippen molar-refractivity contribution in [3.05, 3.63) is 21.9 Å². The van der Waals surface area contributed by atoms with Crippen LogP contribution >= 0.6 is 0 Å². The van der Waals surface area contributed by atoms with Crippen LogP contribution in [-0.4, -0.2) is 36.8 Å². The monoisotopic (exact) mass is 214 g/mol. The molecule has 6 nitrogen and oxygen atoms in total. The molecule has 0 amide bonds. The standard InChI is InChI=1S/C9H14N2O4/c1-14-5-3-4-6-7(8(12)15-2)11-9(13)10-6/h3-5H2,1-2H3,(H2,10,11,13). The molecule has 1 rings (SSSR count). The SMILES string of the molecule is COCCCc1[nH]c(=O)[nH]c1C(=O)OC. The van der Waals surface area contributed by atoms with Gasteiger partial charge < -0.3 is 14.5 Å². The van der Waals surface area contributed by atoms with E-state index in [1.807, 2.05) is 0 Å². The maximum atomic E-state index is 11.2. The number of hydrogen-bond donors (Lipinski definition) is 2. The molecule has 0 fully saturated rings. The van der Waals surface area contributed by atoms with E-state index in [1.54, 1.807) is 7.11 Å². The highest BCUT2D eigenvalue weighted by Crippen LogP contribution is 2.05. The molecule has 0 atom stereocenters. The van der Waals surface area contributed by atoms with Gasteiger partial charge in [-0.05, 0) is 12.8 Å². The van der Waals surface area contributed by atoms with Gasteiger partial charge in [-0.25, -0.2) is 9.59 Å². The van der Waals surface area contributed by atoms with Gasteiger partial charge in [-0.2, -0.15) is 0 Å². The fourth-order valence-electron chi connectivity index (χ4n) is 1.28. The number of aromatic amines is 2. The Morgan fingerprint density at radius 2 is 2.07 bits per heavy atom. The third-order valence-electron chi connectivity index (χ3n) is 1.97. The number of methoxy groups -OCH3 is 2. The second kappa shape index (κ2) is 5.35. The number of ether oxygens (including phenoxy) is 2. The first-order valence-corrected chi connectivity index (χ1v) is 4.57. The summed E-state index contributed by atoms with van der Waals surface area (Å²) in [4.78, 5) is 27.2. The lowest BCUT2D eigenvalue weighted by Gasteiger charge is -2.00. The van der Waals surface area contributed by atoms with Gasteiger partial charge in [0.25, 0.3) is 0 Å². The van der Waals surface area contributed by atoms with Gasteiger partial charge in [0.2, 0.25) is 0 Å². The van der Waals surface area contributed by atoms with Gasteiger partial charge in [0.15, 0.2) is 0 Å². The van der Waals surface area contributed by atoms with Crippen LogP contribution in [-0.2, 0) is 15.9 Å². The van der Waals surface area contributed by atoms with Crippen LogP contribution in [0.25, 0.3) is 0 Å². The molecule has 0 aliphatic rings. The first-order valence-electron chi connectivity index (χ1n) is 4.57. The Balaban J connectivity index is 2.77. The number of hydrogen-bond acceptors (Lipinski definition) is 4. The fourth-order valence-corrected chi connectivity index (χ4v) is 1.28. The molecule has 6 heteroatoms. The Hall–Kier alpha value is -1.56. The van der Waals surface area contributed by atoms with E-state index >= 15 is 0 Å². The van der Waals surface area contributed by atoms with Crippen LogP contribution in [0.2, 0.25) is 0 Å². The smallest absolute Gasteiger partial charge is 0.356 e. The molecule has 0 saturated heterocycles. The largest absolute Gasteiger partial charge is 0.464 e. The minimum absolute atomic E-state index is 0.193. The number of aryl methyl sites for hydroxylation is 1. The van der Waals surface area contributed by atoms with Crippen LogP contribution in [0.1, 0.15) is 22.6 Å². The number of H-pyrrole nitrogens is 2. The van der Waals surface area contributed by atoms with E-state index in [0.29, 0.717) is 18.7 Å². The van der Waals surface area contributed by atoms with Crippen molar-refractivity contribution in [3.63, 3.8) is 0 Å². The molecule has 15 heavy (non-hydrogen) atoms. The van der Waals surface area contributed by atoms with E-state index in [0.717, 1.165) is 6.42 Å². The van der Waals surface area contributed by atoms with Crippen LogP contribution in [0, 0.1) is 0 Å². The minimum Gasteiger partial charge on any atom is -0.464 e. The van der Waals surface area contributed by atoms with Gasteiger partial charge in [-0.1, -0.05) is 0 Å². The van der Waals surface area contributed by atoms with Crippen molar-refractivity contribution in [3.8, 4) is 0 Å². The third kappa shape index (κ3) is 2.95. The van der Waals surface area contributed by atoms with E-state index < -0.39 is 11.7 Å². The van der Waals surface area contributed by atoms with Gasteiger partial charge in [0, 0.05) is 13.7 Å². The Morgan fingerprint density at radius 3 is 2.67 bits per heavy atom. The molecule has 1 aromatic heterocycles. The summed E-state index contributed by atoms with van der Waals surface area (Å²) in [6, 6.07) is 0. The van der Waals surface area contributed by atoms with Gasteiger partial charge >= 0.3 is 11.7 Å². The van der Waals surface area contributed by atoms with E-state index in [4.69, 9.17) is 4.74 Å². The number of nitrogens with one attached hydrogen (secondary N) is 2. The van der Waals surface area contributed by atoms with Crippen LogP contribution < -0.4 is 5.69 Å². The topological polar surface area (TPSA) is 84.2 Å². The molecule has 2 N–H and O–H groups in total. The predicted molar refractivity (Wildman–Crippen MR) is 52.9 cm³/mol. The van der Waals surface area contributed by atoms with E-state index in [-0.39, 0.29) is 5.69 Å². The minimum atomic E-state index is -0.541. The van der Waals surface area contributed by atoms with Crippen molar-refractivity contribution in [1.29, 1.82) is 0 Å². The van der Waals surface area contributed by atoms with Crippen molar-refractivity contribution in [2.24, 2.45) is 0 Å². The fraction of sp³-hybridized carbons (Fsp3) is 0.556. The zero-order valence-corrected chi connectivity index (χ0v) is 8.75. The first kappa shape index (κ1) is 11.5. The van der Waals surface area contributed by atoms with Crippen LogP contribution in [0.3, 0.4) is 0 Å². The van der Waals surface area contributed by atoms with Crippen LogP contribution in [0.5, 0.6) is 0 Å². The van der Waals surface area contributed by atoms with Gasteiger partial charge in [0.1, 0.15) is 5.69 Å². The zero-order chi connectivity index (χ0) is 11.3. The van der Waals surface area contributed by atoms with Gasteiger partial charge in [0.05, 0.1) is 12.8 Å². The van der Waals surface area contributed by atoms with E-state index in [2.05, 4.69) is 14.7 Å². The van der Waals surface area contributed by atoms with Gasteiger partial charge in [-0.3, -0.25) is 4.98 Å². The summed E-state index contributed by atoms with van der Waals surface area (Å²) in [6.07, 6.45) is 1.30. The highest BCUT2D eigenvalue weighted by molar-refractivity contribution is 5.88. The summed E-state index contributed by atoms with van der Waals surface area (Å²) < 4.78 is 9.41. The number of carbonyl (C=O) groups is 1. The summed E-state index contributed by atoms with van der Waals surface area (Å²) in [5.41, 5.74) is 0.352. The molecule has 0 aliphatic heterocycles. The average molecular weight is 214 g/mol. The lowest BCUT2D eigenvalue weighted by atomic mass is 10.2. The Bertz CT molecular complexity index is 380. The molecular weight excluding hydrogens is 200 g/mol. The molecule has 0 bridgehead atoms. The molecule has 0 aromatic carbocycles. The zero-order valence-electron chi connectivity index (χ0n) is 8.75. The normalized spacial score (nSPS) is 10.3. The molecule has 0 saturated carbocycles. The lowest BCUT2D eigenvalue weighted by Crippen LogP contribution is -2.07. The first-order chi connectivity index (χ1) is 7.19. The molecule has 84 valence electrons. The summed E-state index contributed by atoms with van der Waals surface area (Å²) in [6.45, 7) is 0.577. The number of rotatable bonds is 5. The van der Waals surface area contributed by atoms with Crippen LogP contribution in [0.15, 0.2) is 4.79 Å². The maximum Gasteiger partial charge on any atom is 0.356 e. The molecule has 0 spiro atoms. The number of carbonyl (C=O) groups excluding carboxylic acids is 1. The summed E-state index contributed by atoms with van der Waals surface area (Å²) in [7, 11) is 2.87. The molecule has 1 aromatic rings. The second-order valence-electron chi connectivity index (χ2n) is 3.02.